The van der Waals surface area contributed by atoms with E-state index in [0.29, 0.717) is 23.7 Å². The number of hydrogen-bond donors (Lipinski definition) is 1. The van der Waals surface area contributed by atoms with Gasteiger partial charge in [-0.05, 0) is 36.4 Å². The van der Waals surface area contributed by atoms with E-state index in [1.54, 1.807) is 48.5 Å². The van der Waals surface area contributed by atoms with Gasteiger partial charge in [0.2, 0.25) is 0 Å². The summed E-state index contributed by atoms with van der Waals surface area (Å²) in [5.41, 5.74) is -0.319. The van der Waals surface area contributed by atoms with Crippen LogP contribution in [0, 0.1) is 0 Å². The summed E-state index contributed by atoms with van der Waals surface area (Å²) in [7, 11) is 0. The molecule has 0 atom stereocenters. The fraction of sp³-hybridized carbons (Fsp3) is 0.231. The topological polar surface area (TPSA) is 79.3 Å². The molecule has 0 aliphatic carbocycles. The lowest BCUT2D eigenvalue weighted by Gasteiger charge is -2.34. The Bertz CT molecular complexity index is 1230. The molecule has 10 heteroatoms. The summed E-state index contributed by atoms with van der Waals surface area (Å²) in [6.07, 6.45) is -4.68. The number of halogens is 3. The van der Waals surface area contributed by atoms with E-state index in [2.05, 4.69) is 0 Å². The minimum absolute atomic E-state index is 0.0920. The van der Waals surface area contributed by atoms with Crippen LogP contribution in [0.3, 0.4) is 0 Å². The minimum atomic E-state index is -4.68. The summed E-state index contributed by atoms with van der Waals surface area (Å²) in [4.78, 5) is 27.6. The molecule has 0 aromatic heterocycles. The molecular formula is C26H23F3N2O5. The maximum Gasteiger partial charge on any atom is 0.417 e. The maximum atomic E-state index is 13.6. The van der Waals surface area contributed by atoms with Crippen molar-refractivity contribution in [1.29, 1.82) is 0 Å². The molecule has 1 heterocycles. The predicted molar refractivity (Wildman–Crippen MR) is 127 cm³/mol. The smallest absolute Gasteiger partial charge is 0.417 e. The van der Waals surface area contributed by atoms with Crippen LogP contribution in [0.5, 0.6) is 11.5 Å². The molecule has 1 amide bonds. The van der Waals surface area contributed by atoms with E-state index in [1.165, 1.54) is 23.1 Å². The zero-order valence-corrected chi connectivity index (χ0v) is 19.1. The zero-order valence-electron chi connectivity index (χ0n) is 19.1. The van der Waals surface area contributed by atoms with Crippen LogP contribution in [0.2, 0.25) is 0 Å². The van der Waals surface area contributed by atoms with Crippen LogP contribution >= 0.6 is 0 Å². The number of alkyl halides is 3. The van der Waals surface area contributed by atoms with Gasteiger partial charge in [-0.15, -0.1) is 0 Å². The van der Waals surface area contributed by atoms with Crippen molar-refractivity contribution in [2.45, 2.75) is 6.18 Å². The molecule has 0 radical (unpaired) electrons. The molecule has 1 aliphatic heterocycles. The van der Waals surface area contributed by atoms with Gasteiger partial charge >= 0.3 is 12.1 Å². The molecule has 3 aromatic rings. The summed E-state index contributed by atoms with van der Waals surface area (Å²) in [6, 6.07) is 18.3. The van der Waals surface area contributed by atoms with Gasteiger partial charge in [-0.3, -0.25) is 4.79 Å². The second-order valence-electron chi connectivity index (χ2n) is 7.96. The largest absolute Gasteiger partial charge is 0.486 e. The van der Waals surface area contributed by atoms with E-state index in [1.807, 2.05) is 4.90 Å². The number of rotatable bonds is 8. The first-order chi connectivity index (χ1) is 17.3. The Hall–Kier alpha value is -4.21. The summed E-state index contributed by atoms with van der Waals surface area (Å²) >= 11 is 0. The molecular weight excluding hydrogens is 477 g/mol. The van der Waals surface area contributed by atoms with Crippen LogP contribution in [0.25, 0.3) is 0 Å². The predicted octanol–water partition coefficient (Wildman–Crippen LogP) is 4.71. The van der Waals surface area contributed by atoms with Crippen molar-refractivity contribution < 1.29 is 37.3 Å². The van der Waals surface area contributed by atoms with Crippen LogP contribution in [-0.2, 0) is 11.0 Å². The van der Waals surface area contributed by atoms with Crippen molar-refractivity contribution in [3.63, 3.8) is 0 Å². The number of aliphatic carboxylic acids is 1. The Morgan fingerprint density at radius 3 is 2.44 bits per heavy atom. The summed E-state index contributed by atoms with van der Waals surface area (Å²) in [6.45, 7) is 0.596. The standard InChI is InChI=1S/C26H23F3N2O5/c27-26(28,29)20-10-5-4-9-19(20)25(34)31(18-7-2-1-3-8-18)14-13-30-15-16-35-24-21(30)11-6-12-22(24)36-17-23(32)33/h1-12H,13-17H2,(H,32,33). The van der Waals surface area contributed by atoms with Crippen LogP contribution in [-0.4, -0.2) is 49.8 Å². The first kappa shape index (κ1) is 24.9. The first-order valence-electron chi connectivity index (χ1n) is 11.1. The summed E-state index contributed by atoms with van der Waals surface area (Å²) in [5.74, 6) is -1.24. The number of ether oxygens (including phenoxy) is 2. The van der Waals surface area contributed by atoms with Crippen molar-refractivity contribution in [1.82, 2.24) is 0 Å². The van der Waals surface area contributed by atoms with Crippen molar-refractivity contribution in [3.8, 4) is 11.5 Å². The lowest BCUT2D eigenvalue weighted by atomic mass is 10.1. The fourth-order valence-corrected chi connectivity index (χ4v) is 4.00. The lowest BCUT2D eigenvalue weighted by Crippen LogP contribution is -2.42. The molecule has 1 aliphatic rings. The number of fused-ring (bicyclic) bond motifs is 1. The molecule has 1 N–H and O–H groups in total. The highest BCUT2D eigenvalue weighted by atomic mass is 19.4. The second-order valence-corrected chi connectivity index (χ2v) is 7.96. The molecule has 188 valence electrons. The SMILES string of the molecule is O=C(O)COc1cccc2c1OCCN2CCN(C(=O)c1ccccc1C(F)(F)F)c1ccccc1. The van der Waals surface area contributed by atoms with Crippen LogP contribution in [0.4, 0.5) is 24.5 Å². The van der Waals surface area contributed by atoms with E-state index in [-0.39, 0.29) is 25.4 Å². The molecule has 0 bridgehead atoms. The normalized spacial score (nSPS) is 12.9. The maximum absolute atomic E-state index is 13.6. The molecule has 0 spiro atoms. The Morgan fingerprint density at radius 2 is 1.72 bits per heavy atom. The minimum Gasteiger partial charge on any atom is -0.486 e. The molecule has 7 nitrogen and oxygen atoms in total. The number of carboxylic acids is 1. The molecule has 4 rings (SSSR count). The Kier molecular flexibility index (Phi) is 7.33. The lowest BCUT2D eigenvalue weighted by molar-refractivity contribution is -0.139. The van der Waals surface area contributed by atoms with Crippen LogP contribution in [0.1, 0.15) is 15.9 Å². The number of carboxylic acid groups (broad SMARTS) is 1. The highest BCUT2D eigenvalue weighted by molar-refractivity contribution is 6.07. The molecule has 0 fully saturated rings. The van der Waals surface area contributed by atoms with Gasteiger partial charge in [0.1, 0.15) is 6.61 Å². The molecule has 0 saturated carbocycles. The van der Waals surface area contributed by atoms with E-state index >= 15 is 0 Å². The Morgan fingerprint density at radius 1 is 1.00 bits per heavy atom. The van der Waals surface area contributed by atoms with Gasteiger partial charge in [0.15, 0.2) is 18.1 Å². The number of benzene rings is 3. The van der Waals surface area contributed by atoms with E-state index in [9.17, 15) is 22.8 Å². The van der Waals surface area contributed by atoms with Crippen molar-refractivity contribution in [2.24, 2.45) is 0 Å². The summed E-state index contributed by atoms with van der Waals surface area (Å²) < 4.78 is 51.9. The van der Waals surface area contributed by atoms with Gasteiger partial charge in [0.25, 0.3) is 5.91 Å². The van der Waals surface area contributed by atoms with E-state index in [0.717, 1.165) is 6.07 Å². The van der Waals surface area contributed by atoms with E-state index < -0.39 is 35.8 Å². The third kappa shape index (κ3) is 5.54. The van der Waals surface area contributed by atoms with Crippen molar-refractivity contribution in [2.75, 3.05) is 42.6 Å². The number of amides is 1. The molecule has 3 aromatic carbocycles. The van der Waals surface area contributed by atoms with Crippen molar-refractivity contribution >= 4 is 23.3 Å². The Labute approximate surface area is 205 Å². The number of para-hydroxylation sites is 2. The van der Waals surface area contributed by atoms with E-state index in [4.69, 9.17) is 14.6 Å². The highest BCUT2D eigenvalue weighted by Gasteiger charge is 2.36. The third-order valence-electron chi connectivity index (χ3n) is 5.63. The van der Waals surface area contributed by atoms with Gasteiger partial charge in [-0.25, -0.2) is 4.79 Å². The van der Waals surface area contributed by atoms with Gasteiger partial charge in [-0.1, -0.05) is 36.4 Å². The molecule has 0 saturated heterocycles. The Balaban J connectivity index is 1.61. The first-order valence-corrected chi connectivity index (χ1v) is 11.1. The molecule has 36 heavy (non-hydrogen) atoms. The summed E-state index contributed by atoms with van der Waals surface area (Å²) in [5, 5.41) is 8.92. The average molecular weight is 500 g/mol. The highest BCUT2D eigenvalue weighted by Crippen LogP contribution is 2.40. The van der Waals surface area contributed by atoms with Crippen LogP contribution < -0.4 is 19.3 Å². The quantitative estimate of drug-likeness (QED) is 0.483. The van der Waals surface area contributed by atoms with Crippen LogP contribution in [0.15, 0.2) is 72.8 Å². The average Bonchev–Trinajstić information content (AvgIpc) is 2.87. The number of hydrogen-bond acceptors (Lipinski definition) is 5. The zero-order chi connectivity index (χ0) is 25.7. The molecule has 0 unspecified atom stereocenters. The number of carbonyl (C=O) groups excluding carboxylic acids is 1. The van der Waals surface area contributed by atoms with Gasteiger partial charge in [0, 0.05) is 18.8 Å². The van der Waals surface area contributed by atoms with Gasteiger partial charge in [0.05, 0.1) is 23.4 Å². The second kappa shape index (κ2) is 10.6. The monoisotopic (exact) mass is 500 g/mol. The van der Waals surface area contributed by atoms with Gasteiger partial charge < -0.3 is 24.4 Å². The number of carbonyl (C=O) groups is 2. The van der Waals surface area contributed by atoms with Crippen molar-refractivity contribution in [3.05, 3.63) is 83.9 Å². The number of nitrogens with zero attached hydrogens (tertiary/aromatic N) is 2. The number of anilines is 2. The van der Waals surface area contributed by atoms with Gasteiger partial charge in [-0.2, -0.15) is 13.2 Å². The fourth-order valence-electron chi connectivity index (χ4n) is 4.00. The third-order valence-corrected chi connectivity index (χ3v) is 5.63.